The van der Waals surface area contributed by atoms with E-state index < -0.39 is 12.1 Å². The molecule has 0 fully saturated rings. The molecular weight excluding hydrogens is 973 g/mol. The molecule has 0 aliphatic rings. The van der Waals surface area contributed by atoms with Gasteiger partial charge in [-0.2, -0.15) is 0 Å². The molecule has 0 aliphatic carbocycles. The minimum atomic E-state index is -0.852. The summed E-state index contributed by atoms with van der Waals surface area (Å²) >= 11 is 0. The molecule has 0 aromatic rings. The van der Waals surface area contributed by atoms with Gasteiger partial charge in [0.15, 0.2) is 6.10 Å². The first-order chi connectivity index (χ1) is 39.0. The van der Waals surface area contributed by atoms with E-state index in [1.165, 1.54) is 25.7 Å². The molecule has 0 spiro atoms. The van der Waals surface area contributed by atoms with Crippen molar-refractivity contribution in [3.05, 3.63) is 194 Å². The van der Waals surface area contributed by atoms with Gasteiger partial charge >= 0.3 is 17.9 Å². The second-order valence-electron chi connectivity index (χ2n) is 19.5. The van der Waals surface area contributed by atoms with Gasteiger partial charge in [0.2, 0.25) is 0 Å². The molecule has 0 radical (unpaired) electrons. The van der Waals surface area contributed by atoms with Crippen molar-refractivity contribution in [1.29, 1.82) is 0 Å². The fourth-order valence-corrected chi connectivity index (χ4v) is 7.51. The largest absolute Gasteiger partial charge is 0.462 e. The molecule has 1 atom stereocenters. The Morgan fingerprint density at radius 1 is 0.266 bits per heavy atom. The highest BCUT2D eigenvalue weighted by Gasteiger charge is 2.19. The summed E-state index contributed by atoms with van der Waals surface area (Å²) in [5.74, 6) is -1.08. The smallest absolute Gasteiger partial charge is 0.306 e. The van der Waals surface area contributed by atoms with E-state index in [-0.39, 0.29) is 38.0 Å². The highest BCUT2D eigenvalue weighted by atomic mass is 16.6. The Morgan fingerprint density at radius 2 is 0.506 bits per heavy atom. The van der Waals surface area contributed by atoms with E-state index >= 15 is 0 Å². The third-order valence-corrected chi connectivity index (χ3v) is 12.1. The van der Waals surface area contributed by atoms with Crippen LogP contribution in [-0.4, -0.2) is 37.2 Å². The summed E-state index contributed by atoms with van der Waals surface area (Å²) in [7, 11) is 0. The molecule has 79 heavy (non-hydrogen) atoms. The number of esters is 3. The van der Waals surface area contributed by atoms with E-state index in [9.17, 15) is 14.4 Å². The number of ether oxygens (including phenoxy) is 3. The summed E-state index contributed by atoms with van der Waals surface area (Å²) in [6, 6.07) is 0. The van der Waals surface area contributed by atoms with E-state index in [1.807, 2.05) is 0 Å². The lowest BCUT2D eigenvalue weighted by molar-refractivity contribution is -0.167. The normalized spacial score (nSPS) is 13.5. The first kappa shape index (κ1) is 73.2. The molecule has 1 unspecified atom stereocenters. The van der Waals surface area contributed by atoms with E-state index in [1.54, 1.807) is 0 Å². The lowest BCUT2D eigenvalue weighted by Crippen LogP contribution is -2.30. The van der Waals surface area contributed by atoms with Crippen molar-refractivity contribution < 1.29 is 28.6 Å². The summed E-state index contributed by atoms with van der Waals surface area (Å²) in [5.41, 5.74) is 0. The zero-order chi connectivity index (χ0) is 57.1. The first-order valence-corrected chi connectivity index (χ1v) is 30.9. The monoisotopic (exact) mass is 1080 g/mol. The molecular formula is C73H110O6. The Balaban J connectivity index is 4.65. The van der Waals surface area contributed by atoms with E-state index in [0.717, 1.165) is 148 Å². The molecule has 0 saturated heterocycles. The van der Waals surface area contributed by atoms with Crippen molar-refractivity contribution in [2.24, 2.45) is 0 Å². The highest BCUT2D eigenvalue weighted by molar-refractivity contribution is 5.71. The lowest BCUT2D eigenvalue weighted by atomic mass is 10.1. The van der Waals surface area contributed by atoms with Crippen molar-refractivity contribution in [1.82, 2.24) is 0 Å². The van der Waals surface area contributed by atoms with Gasteiger partial charge in [-0.05, 0) is 154 Å². The number of carbonyl (C=O) groups excluding carboxylic acids is 3. The highest BCUT2D eigenvalue weighted by Crippen LogP contribution is 2.11. The molecule has 0 aromatic heterocycles. The summed E-state index contributed by atoms with van der Waals surface area (Å²) in [4.78, 5) is 38.3. The predicted octanol–water partition coefficient (Wildman–Crippen LogP) is 21.4. The van der Waals surface area contributed by atoms with Gasteiger partial charge in [-0.3, -0.25) is 14.4 Å². The van der Waals surface area contributed by atoms with Crippen molar-refractivity contribution in [3.63, 3.8) is 0 Å². The van der Waals surface area contributed by atoms with Crippen LogP contribution in [0.4, 0.5) is 0 Å². The molecule has 0 bridgehead atoms. The average molecular weight is 1080 g/mol. The Bertz CT molecular complexity index is 1920. The van der Waals surface area contributed by atoms with Crippen molar-refractivity contribution >= 4 is 17.9 Å². The van der Waals surface area contributed by atoms with Gasteiger partial charge in [-0.25, -0.2) is 0 Å². The van der Waals surface area contributed by atoms with Crippen LogP contribution in [0.25, 0.3) is 0 Å². The van der Waals surface area contributed by atoms with Crippen LogP contribution in [0.3, 0.4) is 0 Å². The van der Waals surface area contributed by atoms with E-state index in [4.69, 9.17) is 14.2 Å². The fraction of sp³-hybridized carbons (Fsp3) is 0.521. The quantitative estimate of drug-likeness (QED) is 0.0261. The van der Waals surface area contributed by atoms with Crippen LogP contribution >= 0.6 is 0 Å². The second kappa shape index (κ2) is 64.8. The van der Waals surface area contributed by atoms with Crippen LogP contribution in [0.2, 0.25) is 0 Å². The van der Waals surface area contributed by atoms with Crippen molar-refractivity contribution in [2.45, 2.75) is 232 Å². The average Bonchev–Trinajstić information content (AvgIpc) is 3.45. The number of hydrogen-bond acceptors (Lipinski definition) is 6. The number of hydrogen-bond donors (Lipinski definition) is 0. The van der Waals surface area contributed by atoms with Crippen LogP contribution in [0, 0.1) is 0 Å². The second-order valence-corrected chi connectivity index (χ2v) is 19.5. The summed E-state index contributed by atoms with van der Waals surface area (Å²) in [5, 5.41) is 0. The van der Waals surface area contributed by atoms with Gasteiger partial charge in [0.05, 0.1) is 0 Å². The fourth-order valence-electron chi connectivity index (χ4n) is 7.51. The Kier molecular flexibility index (Phi) is 60.1. The molecule has 6 heteroatoms. The van der Waals surface area contributed by atoms with Crippen LogP contribution in [0.5, 0.6) is 0 Å². The van der Waals surface area contributed by atoms with Crippen LogP contribution in [0.1, 0.15) is 226 Å². The molecule has 438 valence electrons. The predicted molar refractivity (Wildman–Crippen MR) is 343 cm³/mol. The molecule has 0 saturated carbocycles. The van der Waals surface area contributed by atoms with Gasteiger partial charge < -0.3 is 14.2 Å². The van der Waals surface area contributed by atoms with Gasteiger partial charge in [0.25, 0.3) is 0 Å². The summed E-state index contributed by atoms with van der Waals surface area (Å²) in [6.07, 6.45) is 98.6. The molecule has 0 N–H and O–H groups in total. The van der Waals surface area contributed by atoms with Gasteiger partial charge in [-0.1, -0.05) is 247 Å². The van der Waals surface area contributed by atoms with Crippen LogP contribution in [-0.2, 0) is 28.6 Å². The third kappa shape index (κ3) is 63.0. The molecule has 0 aromatic carbocycles. The maximum atomic E-state index is 12.9. The van der Waals surface area contributed by atoms with E-state index in [0.29, 0.717) is 19.3 Å². The topological polar surface area (TPSA) is 78.9 Å². The zero-order valence-corrected chi connectivity index (χ0v) is 50.0. The minimum Gasteiger partial charge on any atom is -0.462 e. The maximum Gasteiger partial charge on any atom is 0.306 e. The van der Waals surface area contributed by atoms with Crippen molar-refractivity contribution in [2.75, 3.05) is 13.2 Å². The molecule has 0 rings (SSSR count). The van der Waals surface area contributed by atoms with Crippen molar-refractivity contribution in [3.8, 4) is 0 Å². The minimum absolute atomic E-state index is 0.138. The lowest BCUT2D eigenvalue weighted by Gasteiger charge is -2.18. The van der Waals surface area contributed by atoms with Gasteiger partial charge in [0.1, 0.15) is 13.2 Å². The van der Waals surface area contributed by atoms with Gasteiger partial charge in [0, 0.05) is 19.3 Å². The Morgan fingerprint density at radius 3 is 0.823 bits per heavy atom. The first-order valence-electron chi connectivity index (χ1n) is 30.9. The zero-order valence-electron chi connectivity index (χ0n) is 50.0. The SMILES string of the molecule is CC/C=C\C/C=C\C/C=C\C/C=C\C/C=C\C/C=C\C/C=C\CCCC(=O)OCC(COC(=O)CCCCCCC/C=C\C/C=C\CCCCC)OC(=O)CCC/C=C\C/C=C\C/C=C\C/C=C\C/C=C\C/C=C\C/C=C\CC. The number of allylic oxidation sites excluding steroid dienone is 32. The molecule has 0 aliphatic heterocycles. The molecule has 6 nitrogen and oxygen atoms in total. The summed E-state index contributed by atoms with van der Waals surface area (Å²) < 4.78 is 16.8. The van der Waals surface area contributed by atoms with E-state index in [2.05, 4.69) is 215 Å². The Hall–Kier alpha value is -5.75. The Labute approximate surface area is 484 Å². The summed E-state index contributed by atoms with van der Waals surface area (Å²) in [6.45, 7) is 6.26. The number of rotatable bonds is 53. The number of unbranched alkanes of at least 4 members (excludes halogenated alkanes) is 10. The number of carbonyl (C=O) groups is 3. The van der Waals surface area contributed by atoms with Crippen LogP contribution < -0.4 is 0 Å². The standard InChI is InChI=1S/C73H110O6/c1-4-7-10-13-16-19-22-25-28-30-32-34-36-38-40-42-45-48-51-54-57-60-63-66-72(75)78-69-70(68-77-71(74)65-62-59-56-53-50-47-44-27-24-21-18-15-12-9-6-3)79-73(76)67-64-61-58-55-52-49-46-43-41-39-37-35-33-31-29-26-23-20-17-14-11-8-5-2/h7-8,10-11,16-21,25-29,32-35,38-41,44-46,48-49,54-55,57-58,70H,4-6,9,12-15,22-24,30-31,36-37,42-43,47,50-53,56,59-69H2,1-3H3/b10-7-,11-8-,19-16-,20-17-,21-18-,28-25-,29-26-,34-32-,35-33-,40-38-,41-39-,44-27-,48-45-,49-46-,57-54-,58-55-. The maximum absolute atomic E-state index is 12.9. The molecule has 0 heterocycles. The van der Waals surface area contributed by atoms with Crippen LogP contribution in [0.15, 0.2) is 194 Å². The third-order valence-electron chi connectivity index (χ3n) is 12.1. The molecule has 0 amide bonds. The van der Waals surface area contributed by atoms with Gasteiger partial charge in [-0.15, -0.1) is 0 Å².